The summed E-state index contributed by atoms with van der Waals surface area (Å²) in [6.45, 7) is 3.62. The second kappa shape index (κ2) is 14.5. The van der Waals surface area contributed by atoms with Crippen molar-refractivity contribution in [1.82, 2.24) is 34.8 Å². The van der Waals surface area contributed by atoms with E-state index < -0.39 is 23.5 Å². The van der Waals surface area contributed by atoms with E-state index in [9.17, 15) is 26.3 Å². The largest absolute Gasteiger partial charge is 0.416 e. The van der Waals surface area contributed by atoms with Crippen molar-refractivity contribution < 1.29 is 26.3 Å². The van der Waals surface area contributed by atoms with E-state index in [0.717, 1.165) is 24.3 Å². The first-order valence-corrected chi connectivity index (χ1v) is 15.1. The predicted octanol–water partition coefficient (Wildman–Crippen LogP) is 4.95. The third kappa shape index (κ3) is 9.46. The van der Waals surface area contributed by atoms with Crippen LogP contribution in [0.1, 0.15) is 11.1 Å². The molecule has 4 aromatic rings. The number of halogens is 6. The van der Waals surface area contributed by atoms with Gasteiger partial charge in [-0.15, -0.1) is 0 Å². The topological polar surface area (TPSA) is 126 Å². The summed E-state index contributed by atoms with van der Waals surface area (Å²) < 4.78 is 79.2. The Hall–Kier alpha value is -5.20. The van der Waals surface area contributed by atoms with Crippen molar-refractivity contribution in [2.24, 2.45) is 0 Å². The molecule has 262 valence electrons. The third-order valence-electron chi connectivity index (χ3n) is 7.29. The van der Waals surface area contributed by atoms with Gasteiger partial charge in [0.25, 0.3) is 0 Å². The van der Waals surface area contributed by atoms with Crippen LogP contribution < -0.4 is 30.7 Å². The lowest BCUT2D eigenvalue weighted by molar-refractivity contribution is -0.138. The molecule has 3 heterocycles. The van der Waals surface area contributed by atoms with Gasteiger partial charge in [-0.05, 0) is 36.4 Å². The molecule has 3 N–H and O–H groups in total. The maximum atomic E-state index is 13.2. The molecule has 0 radical (unpaired) electrons. The maximum Gasteiger partial charge on any atom is 0.416 e. The lowest BCUT2D eigenvalue weighted by Gasteiger charge is -2.35. The van der Waals surface area contributed by atoms with Crippen LogP contribution in [0.3, 0.4) is 0 Å². The second-order valence-corrected chi connectivity index (χ2v) is 11.5. The van der Waals surface area contributed by atoms with Crippen molar-refractivity contribution in [2.45, 2.75) is 12.4 Å². The molecule has 0 bridgehead atoms. The van der Waals surface area contributed by atoms with Crippen LogP contribution in [0.4, 0.5) is 73.4 Å². The molecular formula is C30H35F6N13. The molecule has 2 aromatic carbocycles. The summed E-state index contributed by atoms with van der Waals surface area (Å²) in [6.07, 6.45) is -8.97. The van der Waals surface area contributed by atoms with Crippen LogP contribution in [0, 0.1) is 0 Å². The van der Waals surface area contributed by atoms with Crippen LogP contribution in [-0.4, -0.2) is 102 Å². The number of hydrogen-bond acceptors (Lipinski definition) is 13. The maximum absolute atomic E-state index is 13.2. The molecule has 0 aliphatic carbocycles. The van der Waals surface area contributed by atoms with Gasteiger partial charge >= 0.3 is 12.4 Å². The van der Waals surface area contributed by atoms with Gasteiger partial charge < -0.3 is 30.7 Å². The fraction of sp³-hybridized carbons (Fsp3) is 0.400. The van der Waals surface area contributed by atoms with E-state index in [0.29, 0.717) is 57.1 Å². The van der Waals surface area contributed by atoms with Crippen molar-refractivity contribution in [3.63, 3.8) is 0 Å². The molecule has 0 amide bonds. The Morgan fingerprint density at radius 1 is 0.633 bits per heavy atom. The molecule has 0 atom stereocenters. The molecule has 1 saturated heterocycles. The highest BCUT2D eigenvalue weighted by atomic mass is 19.4. The summed E-state index contributed by atoms with van der Waals surface area (Å²) in [5.41, 5.74) is -1.20. The Labute approximate surface area is 278 Å². The quantitative estimate of drug-likeness (QED) is 0.184. The Kier molecular flexibility index (Phi) is 10.4. The number of aromatic nitrogens is 6. The molecule has 1 aliphatic rings. The van der Waals surface area contributed by atoms with Gasteiger partial charge in [-0.1, -0.05) is 12.1 Å². The van der Waals surface area contributed by atoms with Crippen LogP contribution in [0.5, 0.6) is 0 Å². The molecule has 19 heteroatoms. The van der Waals surface area contributed by atoms with Gasteiger partial charge in [-0.3, -0.25) is 4.90 Å². The number of piperazine rings is 1. The third-order valence-corrected chi connectivity index (χ3v) is 7.29. The van der Waals surface area contributed by atoms with Gasteiger partial charge in [0.1, 0.15) is 0 Å². The lowest BCUT2D eigenvalue weighted by Crippen LogP contribution is -2.48. The molecule has 0 spiro atoms. The van der Waals surface area contributed by atoms with Crippen LogP contribution in [0.15, 0.2) is 48.5 Å². The zero-order chi connectivity index (χ0) is 35.3. The lowest BCUT2D eigenvalue weighted by atomic mass is 10.2. The predicted molar refractivity (Wildman–Crippen MR) is 175 cm³/mol. The first-order valence-electron chi connectivity index (χ1n) is 15.1. The van der Waals surface area contributed by atoms with Gasteiger partial charge in [0.2, 0.25) is 35.7 Å². The Morgan fingerprint density at radius 3 is 1.63 bits per heavy atom. The molecule has 13 nitrogen and oxygen atoms in total. The fourth-order valence-corrected chi connectivity index (χ4v) is 4.75. The van der Waals surface area contributed by atoms with Crippen molar-refractivity contribution >= 4 is 47.1 Å². The average Bonchev–Trinajstić information content (AvgIpc) is 3.04. The molecule has 0 unspecified atom stereocenters. The van der Waals surface area contributed by atoms with E-state index in [1.807, 2.05) is 4.90 Å². The van der Waals surface area contributed by atoms with Crippen LogP contribution >= 0.6 is 0 Å². The summed E-state index contributed by atoms with van der Waals surface area (Å²) in [5, 5.41) is 8.89. The van der Waals surface area contributed by atoms with Gasteiger partial charge in [0.15, 0.2) is 0 Å². The smallest absolute Gasteiger partial charge is 0.353 e. The fourth-order valence-electron chi connectivity index (χ4n) is 4.75. The van der Waals surface area contributed by atoms with Crippen LogP contribution in [0.2, 0.25) is 0 Å². The van der Waals surface area contributed by atoms with Gasteiger partial charge in [-0.2, -0.15) is 56.2 Å². The van der Waals surface area contributed by atoms with Gasteiger partial charge in [0.05, 0.1) is 11.1 Å². The number of nitrogens with one attached hydrogen (secondary N) is 3. The van der Waals surface area contributed by atoms with Crippen molar-refractivity contribution in [1.29, 1.82) is 0 Å². The summed E-state index contributed by atoms with van der Waals surface area (Å²) in [7, 11) is 7.00. The monoisotopic (exact) mass is 691 g/mol. The van der Waals surface area contributed by atoms with Gasteiger partial charge in [-0.25, -0.2) is 0 Å². The highest BCUT2D eigenvalue weighted by molar-refractivity contribution is 5.58. The highest BCUT2D eigenvalue weighted by Gasteiger charge is 2.31. The number of anilines is 8. The van der Waals surface area contributed by atoms with Gasteiger partial charge in [0, 0.05) is 78.8 Å². The summed E-state index contributed by atoms with van der Waals surface area (Å²) in [6, 6.07) is 9.58. The van der Waals surface area contributed by atoms with Crippen molar-refractivity contribution in [3.05, 3.63) is 59.7 Å². The number of nitrogens with zero attached hydrogens (tertiary/aromatic N) is 10. The standard InChI is InChI=1S/C30H35F6N13/c1-46(2)26-41-23(40-24(42-26)38-21-9-5-7-19(17-21)29(31,32)33)37-11-12-48-13-15-49(16-14-48)28-44-25(43-27(45-28)47(3)4)39-22-10-6-8-20(18-22)30(34,35)36/h5-10,17-18H,11-16H2,1-4H3,(H,39,43,44,45)(H2,37,38,40,41,42). The number of hydrogen-bond donors (Lipinski definition) is 3. The van der Waals surface area contributed by atoms with E-state index in [4.69, 9.17) is 0 Å². The molecule has 2 aromatic heterocycles. The number of alkyl halides is 6. The van der Waals surface area contributed by atoms with Crippen molar-refractivity contribution in [2.75, 3.05) is 98.1 Å². The van der Waals surface area contributed by atoms with E-state index >= 15 is 0 Å². The minimum Gasteiger partial charge on any atom is -0.353 e. The number of benzene rings is 2. The molecule has 0 saturated carbocycles. The summed E-state index contributed by atoms with van der Waals surface area (Å²) >= 11 is 0. The Bertz CT molecular complexity index is 1720. The number of rotatable bonds is 11. The first-order chi connectivity index (χ1) is 23.1. The molecule has 1 fully saturated rings. The summed E-state index contributed by atoms with van der Waals surface area (Å²) in [5.74, 6) is 1.53. The first kappa shape index (κ1) is 35.1. The van der Waals surface area contributed by atoms with Crippen molar-refractivity contribution in [3.8, 4) is 0 Å². The highest BCUT2D eigenvalue weighted by Crippen LogP contribution is 2.32. The van der Waals surface area contributed by atoms with E-state index in [2.05, 4.69) is 50.8 Å². The minimum absolute atomic E-state index is 0.0884. The molecule has 5 rings (SSSR count). The van der Waals surface area contributed by atoms with E-state index in [1.165, 1.54) is 24.3 Å². The Balaban J connectivity index is 1.19. The summed E-state index contributed by atoms with van der Waals surface area (Å²) in [4.78, 5) is 34.0. The zero-order valence-corrected chi connectivity index (χ0v) is 27.1. The normalized spacial score (nSPS) is 14.0. The zero-order valence-electron chi connectivity index (χ0n) is 27.1. The Morgan fingerprint density at radius 2 is 1.12 bits per heavy atom. The van der Waals surface area contributed by atoms with E-state index in [1.54, 1.807) is 38.0 Å². The van der Waals surface area contributed by atoms with Crippen LogP contribution in [-0.2, 0) is 12.4 Å². The second-order valence-electron chi connectivity index (χ2n) is 11.5. The SMILES string of the molecule is CN(C)c1nc(NCCN2CCN(c3nc(Nc4cccc(C(F)(F)F)c4)nc(N(C)C)n3)CC2)nc(Nc2cccc(C(F)(F)F)c2)n1. The molecule has 49 heavy (non-hydrogen) atoms. The molecule has 1 aliphatic heterocycles. The minimum atomic E-state index is -4.49. The van der Waals surface area contributed by atoms with Crippen LogP contribution in [0.25, 0.3) is 0 Å². The molecular weight excluding hydrogens is 656 g/mol. The van der Waals surface area contributed by atoms with E-state index in [-0.39, 0.29) is 29.2 Å². The average molecular weight is 692 g/mol.